The highest BCUT2D eigenvalue weighted by Gasteiger charge is 2.35. The Kier molecular flexibility index (Phi) is 7.23. The van der Waals surface area contributed by atoms with Crippen LogP contribution >= 0.6 is 0 Å². The van der Waals surface area contributed by atoms with Gasteiger partial charge in [-0.25, -0.2) is 0 Å². The quantitative estimate of drug-likeness (QED) is 0.511. The van der Waals surface area contributed by atoms with Crippen molar-refractivity contribution in [2.24, 2.45) is 0 Å². The van der Waals surface area contributed by atoms with E-state index in [0.717, 1.165) is 31.2 Å². The second-order valence-electron chi connectivity index (χ2n) is 8.93. The standard InChI is InChI=1S/C27H31N3O3/c1-19(2)20-10-12-23(13-11-20)30(27(32)24-9-6-18-33-24)25(21-14-16-28-17-15-21)26(31)29-22-7-4-3-5-8-22/h6,9-19,22,25H,3-5,7-8H2,1-2H3,(H,29,31)/t25-/m0/s1. The number of pyridine rings is 1. The SMILES string of the molecule is CC(C)c1ccc(N(C(=O)c2ccco2)[C@H](C(=O)NC2CCCCC2)c2ccncc2)cc1. The average Bonchev–Trinajstić information content (AvgIpc) is 3.38. The first-order valence-electron chi connectivity index (χ1n) is 11.7. The van der Waals surface area contributed by atoms with E-state index in [0.29, 0.717) is 17.2 Å². The Morgan fingerprint density at radius 3 is 2.27 bits per heavy atom. The van der Waals surface area contributed by atoms with Crippen LogP contribution in [0.25, 0.3) is 0 Å². The van der Waals surface area contributed by atoms with Gasteiger partial charge >= 0.3 is 0 Å². The van der Waals surface area contributed by atoms with Gasteiger partial charge in [-0.2, -0.15) is 0 Å². The summed E-state index contributed by atoms with van der Waals surface area (Å²) in [6.45, 7) is 4.25. The molecule has 0 aliphatic heterocycles. The minimum Gasteiger partial charge on any atom is -0.459 e. The van der Waals surface area contributed by atoms with Gasteiger partial charge in [-0.05, 0) is 66.3 Å². The van der Waals surface area contributed by atoms with E-state index in [9.17, 15) is 9.59 Å². The van der Waals surface area contributed by atoms with Crippen LogP contribution in [-0.4, -0.2) is 22.8 Å². The lowest BCUT2D eigenvalue weighted by molar-refractivity contribution is -0.123. The first-order chi connectivity index (χ1) is 16.0. The summed E-state index contributed by atoms with van der Waals surface area (Å²) in [7, 11) is 0. The highest BCUT2D eigenvalue weighted by atomic mass is 16.3. The fraction of sp³-hybridized carbons (Fsp3) is 0.370. The van der Waals surface area contributed by atoms with Gasteiger partial charge in [-0.3, -0.25) is 19.5 Å². The fourth-order valence-electron chi connectivity index (χ4n) is 4.41. The van der Waals surface area contributed by atoms with Gasteiger partial charge in [0, 0.05) is 24.1 Å². The highest BCUT2D eigenvalue weighted by Crippen LogP contribution is 2.31. The summed E-state index contributed by atoms with van der Waals surface area (Å²) in [5, 5.41) is 3.21. The number of benzene rings is 1. The molecule has 2 aromatic heterocycles. The molecule has 172 valence electrons. The summed E-state index contributed by atoms with van der Waals surface area (Å²) >= 11 is 0. The van der Waals surface area contributed by atoms with Crippen LogP contribution in [-0.2, 0) is 4.79 Å². The molecule has 0 unspecified atom stereocenters. The van der Waals surface area contributed by atoms with E-state index in [4.69, 9.17) is 4.42 Å². The topological polar surface area (TPSA) is 75.4 Å². The number of hydrogen-bond acceptors (Lipinski definition) is 4. The fourth-order valence-corrected chi connectivity index (χ4v) is 4.41. The third-order valence-electron chi connectivity index (χ3n) is 6.27. The summed E-state index contributed by atoms with van der Waals surface area (Å²) in [6, 6.07) is 14.0. The molecule has 1 aliphatic rings. The summed E-state index contributed by atoms with van der Waals surface area (Å²) < 4.78 is 5.44. The van der Waals surface area contributed by atoms with Crippen molar-refractivity contribution < 1.29 is 14.0 Å². The highest BCUT2D eigenvalue weighted by molar-refractivity contribution is 6.08. The van der Waals surface area contributed by atoms with Crippen molar-refractivity contribution in [3.8, 4) is 0 Å². The smallest absolute Gasteiger partial charge is 0.294 e. The van der Waals surface area contributed by atoms with Crippen molar-refractivity contribution in [2.75, 3.05) is 4.90 Å². The van der Waals surface area contributed by atoms with Gasteiger partial charge < -0.3 is 9.73 Å². The van der Waals surface area contributed by atoms with Gasteiger partial charge in [0.1, 0.15) is 6.04 Å². The zero-order valence-electron chi connectivity index (χ0n) is 19.2. The maximum Gasteiger partial charge on any atom is 0.294 e. The van der Waals surface area contributed by atoms with Crippen molar-refractivity contribution >= 4 is 17.5 Å². The zero-order valence-corrected chi connectivity index (χ0v) is 19.2. The number of carbonyl (C=O) groups excluding carboxylic acids is 2. The van der Waals surface area contributed by atoms with E-state index in [1.165, 1.54) is 17.6 Å². The molecule has 1 aliphatic carbocycles. The second kappa shape index (κ2) is 10.5. The van der Waals surface area contributed by atoms with Crippen LogP contribution in [0.5, 0.6) is 0 Å². The van der Waals surface area contributed by atoms with E-state index < -0.39 is 6.04 Å². The molecule has 1 atom stereocenters. The van der Waals surface area contributed by atoms with E-state index in [1.807, 2.05) is 24.3 Å². The van der Waals surface area contributed by atoms with E-state index in [2.05, 4.69) is 24.1 Å². The molecule has 0 bridgehead atoms. The van der Waals surface area contributed by atoms with Crippen LogP contribution in [0.1, 0.15) is 79.6 Å². The van der Waals surface area contributed by atoms with Crippen LogP contribution in [0, 0.1) is 0 Å². The molecule has 2 amide bonds. The third kappa shape index (κ3) is 5.33. The van der Waals surface area contributed by atoms with Crippen LogP contribution in [0.15, 0.2) is 71.6 Å². The van der Waals surface area contributed by atoms with Crippen LogP contribution in [0.2, 0.25) is 0 Å². The number of furan rings is 1. The van der Waals surface area contributed by atoms with Gasteiger partial charge in [-0.15, -0.1) is 0 Å². The zero-order chi connectivity index (χ0) is 23.2. The average molecular weight is 446 g/mol. The number of rotatable bonds is 7. The van der Waals surface area contributed by atoms with Crippen molar-refractivity contribution in [3.63, 3.8) is 0 Å². The van der Waals surface area contributed by atoms with Crippen molar-refractivity contribution in [2.45, 2.75) is 64.0 Å². The second-order valence-corrected chi connectivity index (χ2v) is 8.93. The number of aromatic nitrogens is 1. The van der Waals surface area contributed by atoms with E-state index >= 15 is 0 Å². The van der Waals surface area contributed by atoms with Gasteiger partial charge in [0.15, 0.2) is 5.76 Å². The molecule has 2 heterocycles. The molecule has 6 heteroatoms. The number of carbonyl (C=O) groups is 2. The minimum absolute atomic E-state index is 0.125. The predicted octanol–water partition coefficient (Wildman–Crippen LogP) is 5.64. The lowest BCUT2D eigenvalue weighted by Crippen LogP contribution is -2.47. The predicted molar refractivity (Wildman–Crippen MR) is 128 cm³/mol. The molecule has 0 spiro atoms. The largest absolute Gasteiger partial charge is 0.459 e. The maximum absolute atomic E-state index is 13.7. The first-order valence-corrected chi connectivity index (χ1v) is 11.7. The Morgan fingerprint density at radius 1 is 0.970 bits per heavy atom. The van der Waals surface area contributed by atoms with Crippen molar-refractivity contribution in [1.82, 2.24) is 10.3 Å². The van der Waals surface area contributed by atoms with Gasteiger partial charge in [0.05, 0.1) is 6.26 Å². The van der Waals surface area contributed by atoms with Gasteiger partial charge in [0.25, 0.3) is 5.91 Å². The lowest BCUT2D eigenvalue weighted by Gasteiger charge is -2.33. The van der Waals surface area contributed by atoms with Crippen LogP contribution < -0.4 is 10.2 Å². The number of nitrogens with zero attached hydrogens (tertiary/aromatic N) is 2. The number of amides is 2. The number of hydrogen-bond donors (Lipinski definition) is 1. The molecule has 0 radical (unpaired) electrons. The van der Waals surface area contributed by atoms with Gasteiger partial charge in [-0.1, -0.05) is 45.2 Å². The monoisotopic (exact) mass is 445 g/mol. The normalized spacial score (nSPS) is 15.2. The Bertz CT molecular complexity index is 1040. The third-order valence-corrected chi connectivity index (χ3v) is 6.27. The summed E-state index contributed by atoms with van der Waals surface area (Å²) in [5.41, 5.74) is 2.50. The van der Waals surface area contributed by atoms with Crippen molar-refractivity contribution in [3.05, 3.63) is 84.1 Å². The molecular formula is C27H31N3O3. The number of anilines is 1. The molecule has 0 saturated heterocycles. The minimum atomic E-state index is -0.850. The molecule has 1 N–H and O–H groups in total. The lowest BCUT2D eigenvalue weighted by atomic mass is 9.94. The summed E-state index contributed by atoms with van der Waals surface area (Å²) in [4.78, 5) is 33.0. The molecular weight excluding hydrogens is 414 g/mol. The van der Waals surface area contributed by atoms with Gasteiger partial charge in [0.2, 0.25) is 5.91 Å². The Balaban J connectivity index is 1.76. The molecule has 1 aromatic carbocycles. The molecule has 4 rings (SSSR count). The molecule has 33 heavy (non-hydrogen) atoms. The molecule has 6 nitrogen and oxygen atoms in total. The van der Waals surface area contributed by atoms with E-state index in [-0.39, 0.29) is 23.6 Å². The number of nitrogens with one attached hydrogen (secondary N) is 1. The maximum atomic E-state index is 13.7. The van der Waals surface area contributed by atoms with Crippen molar-refractivity contribution in [1.29, 1.82) is 0 Å². The Labute approximate surface area is 195 Å². The Hall–Kier alpha value is -3.41. The molecule has 1 fully saturated rings. The molecule has 1 saturated carbocycles. The van der Waals surface area contributed by atoms with E-state index in [1.54, 1.807) is 36.7 Å². The Morgan fingerprint density at radius 2 is 1.67 bits per heavy atom. The molecule has 3 aromatic rings. The van der Waals surface area contributed by atoms with Crippen LogP contribution in [0.4, 0.5) is 5.69 Å². The van der Waals surface area contributed by atoms with Crippen LogP contribution in [0.3, 0.4) is 0 Å². The summed E-state index contributed by atoms with van der Waals surface area (Å²) in [5.74, 6) is -0.00910. The first kappa shape index (κ1) is 22.8. The summed E-state index contributed by atoms with van der Waals surface area (Å²) in [6.07, 6.45) is 10.1.